The lowest BCUT2D eigenvalue weighted by molar-refractivity contribution is -0.386. The summed E-state index contributed by atoms with van der Waals surface area (Å²) in [6, 6.07) is 0. The predicted molar refractivity (Wildman–Crippen MR) is 37.0 cm³/mol. The van der Waals surface area contributed by atoms with Crippen LogP contribution in [0.1, 0.15) is 0 Å². The first kappa shape index (κ1) is 7.99. The molecule has 0 saturated carbocycles. The van der Waals surface area contributed by atoms with Gasteiger partial charge in [-0.3, -0.25) is 10.1 Å². The van der Waals surface area contributed by atoms with Crippen LogP contribution in [0.25, 0.3) is 0 Å². The molecule has 11 heavy (non-hydrogen) atoms. The highest BCUT2D eigenvalue weighted by atomic mass is 79.9. The maximum Gasteiger partial charge on any atom is 0.347 e. The minimum Gasteiger partial charge on any atom is -0.488 e. The quantitative estimate of drug-likeness (QED) is 0.582. The summed E-state index contributed by atoms with van der Waals surface area (Å²) in [4.78, 5) is 8.98. The van der Waals surface area contributed by atoms with Crippen LogP contribution in [0.15, 0.2) is 10.7 Å². The molecule has 0 atom stereocenters. The van der Waals surface area contributed by atoms with Gasteiger partial charge in [-0.05, 0) is 15.9 Å². The van der Waals surface area contributed by atoms with Gasteiger partial charge in [-0.1, -0.05) is 4.48 Å². The number of hydrogen-bond acceptors (Lipinski definition) is 3. The van der Waals surface area contributed by atoms with Crippen molar-refractivity contribution in [3.05, 3.63) is 20.8 Å². The van der Waals surface area contributed by atoms with E-state index in [0.717, 1.165) is 6.20 Å². The molecule has 0 radical (unpaired) electrons. The van der Waals surface area contributed by atoms with E-state index >= 15 is 0 Å². The van der Waals surface area contributed by atoms with Gasteiger partial charge < -0.3 is 5.11 Å². The van der Waals surface area contributed by atoms with Crippen molar-refractivity contribution in [2.75, 3.05) is 0 Å². The van der Waals surface area contributed by atoms with Gasteiger partial charge in [0.15, 0.2) is 0 Å². The molecule has 60 valence electrons. The Bertz CT molecular complexity index is 311. The lowest BCUT2D eigenvalue weighted by Gasteiger charge is -1.87. The van der Waals surface area contributed by atoms with E-state index in [2.05, 4.69) is 15.9 Å². The molecule has 1 heterocycles. The summed E-state index contributed by atoms with van der Waals surface area (Å²) in [6.45, 7) is 0. The molecule has 1 aromatic rings. The molecule has 0 aromatic carbocycles. The standard InChI is InChI=1S/C4H2BrFN2O3/c5-2-1-7(6)4(9)3(2)8(10)11/h1,9H. The molecular weight excluding hydrogens is 223 g/mol. The van der Waals surface area contributed by atoms with Crippen molar-refractivity contribution in [2.45, 2.75) is 0 Å². The molecule has 1 aromatic heterocycles. The summed E-state index contributed by atoms with van der Waals surface area (Å²) in [6.07, 6.45) is 0.757. The zero-order valence-corrected chi connectivity index (χ0v) is 6.58. The van der Waals surface area contributed by atoms with Crippen molar-refractivity contribution < 1.29 is 14.5 Å². The minimum atomic E-state index is -1.01. The van der Waals surface area contributed by atoms with Gasteiger partial charge in [0, 0.05) is 0 Å². The second kappa shape index (κ2) is 2.50. The molecule has 7 heteroatoms. The lowest BCUT2D eigenvalue weighted by atomic mass is 10.5. The fourth-order valence-electron chi connectivity index (χ4n) is 0.599. The van der Waals surface area contributed by atoms with Crippen LogP contribution in [0, 0.1) is 10.1 Å². The molecule has 0 fully saturated rings. The maximum atomic E-state index is 12.3. The number of nitro groups is 1. The van der Waals surface area contributed by atoms with Crippen molar-refractivity contribution >= 4 is 21.6 Å². The van der Waals surface area contributed by atoms with Crippen LogP contribution in [0.5, 0.6) is 5.88 Å². The topological polar surface area (TPSA) is 68.3 Å². The maximum absolute atomic E-state index is 12.3. The van der Waals surface area contributed by atoms with Gasteiger partial charge in [-0.25, -0.2) is 0 Å². The fraction of sp³-hybridized carbons (Fsp3) is 0. The van der Waals surface area contributed by atoms with Crippen molar-refractivity contribution in [1.29, 1.82) is 0 Å². The summed E-state index contributed by atoms with van der Waals surface area (Å²) in [5.74, 6) is -1.01. The highest BCUT2D eigenvalue weighted by Gasteiger charge is 2.24. The molecule has 1 N–H and O–H groups in total. The van der Waals surface area contributed by atoms with Gasteiger partial charge in [0.1, 0.15) is 4.47 Å². The second-order valence-corrected chi connectivity index (χ2v) is 2.57. The largest absolute Gasteiger partial charge is 0.488 e. The first-order chi connectivity index (χ1) is 5.04. The SMILES string of the molecule is O=[N+]([O-])c1c(Br)cn(F)c1O. The van der Waals surface area contributed by atoms with Gasteiger partial charge in [-0.15, -0.1) is 4.79 Å². The number of aromatic nitrogens is 1. The number of nitrogens with zero attached hydrogens (tertiary/aromatic N) is 2. The molecule has 0 saturated heterocycles. The molecule has 0 aliphatic carbocycles. The van der Waals surface area contributed by atoms with Gasteiger partial charge in [-0.2, -0.15) is 0 Å². The van der Waals surface area contributed by atoms with Crippen molar-refractivity contribution in [3.63, 3.8) is 0 Å². The minimum absolute atomic E-state index is 0.0949. The van der Waals surface area contributed by atoms with Crippen molar-refractivity contribution in [3.8, 4) is 5.88 Å². The van der Waals surface area contributed by atoms with E-state index in [4.69, 9.17) is 5.11 Å². The first-order valence-electron chi connectivity index (χ1n) is 2.44. The van der Waals surface area contributed by atoms with Crippen LogP contribution in [0.4, 0.5) is 10.2 Å². The summed E-state index contributed by atoms with van der Waals surface area (Å²) in [5.41, 5.74) is -0.674. The van der Waals surface area contributed by atoms with Crippen LogP contribution in [0.3, 0.4) is 0 Å². The first-order valence-corrected chi connectivity index (χ1v) is 3.23. The van der Waals surface area contributed by atoms with E-state index < -0.39 is 16.5 Å². The Morgan fingerprint density at radius 2 is 2.36 bits per heavy atom. The molecule has 0 bridgehead atoms. The van der Waals surface area contributed by atoms with Crippen LogP contribution < -0.4 is 0 Å². The molecule has 0 aliphatic rings. The Balaban J connectivity index is 3.34. The average Bonchev–Trinajstić information content (AvgIpc) is 2.07. The summed E-state index contributed by atoms with van der Waals surface area (Å²) < 4.78 is 12.2. The highest BCUT2D eigenvalue weighted by Crippen LogP contribution is 2.35. The van der Waals surface area contributed by atoms with Crippen LogP contribution >= 0.6 is 15.9 Å². The Kier molecular flexibility index (Phi) is 1.81. The Morgan fingerprint density at radius 3 is 2.55 bits per heavy atom. The second-order valence-electron chi connectivity index (χ2n) is 1.72. The molecule has 0 unspecified atom stereocenters. The van der Waals surface area contributed by atoms with Gasteiger partial charge in [0.2, 0.25) is 0 Å². The highest BCUT2D eigenvalue weighted by molar-refractivity contribution is 9.10. The smallest absolute Gasteiger partial charge is 0.347 e. The molecule has 5 nitrogen and oxygen atoms in total. The van der Waals surface area contributed by atoms with Gasteiger partial charge in [0.05, 0.1) is 11.1 Å². The Hall–Kier alpha value is -1.11. The van der Waals surface area contributed by atoms with Crippen molar-refractivity contribution in [2.24, 2.45) is 0 Å². The summed E-state index contributed by atoms with van der Waals surface area (Å²) in [7, 11) is 0. The van der Waals surface area contributed by atoms with Gasteiger partial charge >= 0.3 is 11.6 Å². The zero-order valence-electron chi connectivity index (χ0n) is 4.99. The van der Waals surface area contributed by atoms with Crippen LogP contribution in [-0.2, 0) is 0 Å². The predicted octanol–water partition coefficient (Wildman–Crippen LogP) is 1.60. The van der Waals surface area contributed by atoms with Gasteiger partial charge in [0.25, 0.3) is 0 Å². The van der Waals surface area contributed by atoms with E-state index in [9.17, 15) is 14.6 Å². The zero-order chi connectivity index (χ0) is 8.59. The number of halogens is 2. The lowest BCUT2D eigenvalue weighted by Crippen LogP contribution is -1.86. The van der Waals surface area contributed by atoms with Crippen LogP contribution in [-0.4, -0.2) is 14.8 Å². The fourth-order valence-corrected chi connectivity index (χ4v) is 1.10. The molecule has 1 rings (SSSR count). The molecule has 0 aliphatic heterocycles. The Morgan fingerprint density at radius 1 is 1.82 bits per heavy atom. The number of rotatable bonds is 1. The van der Waals surface area contributed by atoms with E-state index in [1.165, 1.54) is 0 Å². The Labute approximate surface area is 68.3 Å². The normalized spacial score (nSPS) is 10.0. The van der Waals surface area contributed by atoms with E-state index in [1.54, 1.807) is 0 Å². The number of aromatic hydroxyl groups is 1. The number of hydrogen-bond donors (Lipinski definition) is 1. The van der Waals surface area contributed by atoms with E-state index in [0.29, 0.717) is 0 Å². The van der Waals surface area contributed by atoms with Crippen LogP contribution in [0.2, 0.25) is 0 Å². The average molecular weight is 225 g/mol. The third-order valence-corrected chi connectivity index (χ3v) is 1.63. The summed E-state index contributed by atoms with van der Waals surface area (Å²) >= 11 is 2.71. The summed E-state index contributed by atoms with van der Waals surface area (Å²) in [5, 5.41) is 18.8. The van der Waals surface area contributed by atoms with E-state index in [-0.39, 0.29) is 9.26 Å². The third kappa shape index (κ3) is 1.18. The molecule has 0 amide bonds. The van der Waals surface area contributed by atoms with E-state index in [1.807, 2.05) is 0 Å². The monoisotopic (exact) mass is 224 g/mol. The molecular formula is C4H2BrFN2O3. The molecule has 0 spiro atoms. The third-order valence-electron chi connectivity index (χ3n) is 1.05. The van der Waals surface area contributed by atoms with Crippen molar-refractivity contribution in [1.82, 2.24) is 4.79 Å².